The maximum Gasteiger partial charge on any atom is 0.140 e. The van der Waals surface area contributed by atoms with E-state index in [4.69, 9.17) is 4.74 Å². The quantitative estimate of drug-likeness (QED) is 0.925. The summed E-state index contributed by atoms with van der Waals surface area (Å²) in [4.78, 5) is 6.79. The molecule has 0 saturated carbocycles. The molecule has 1 aliphatic heterocycles. The van der Waals surface area contributed by atoms with Crippen LogP contribution in [0.4, 0.5) is 5.82 Å². The zero-order valence-corrected chi connectivity index (χ0v) is 12.5. The lowest BCUT2D eigenvalue weighted by molar-refractivity contribution is 0.0368. The fraction of sp³-hybridized carbons (Fsp3) is 0.615. The summed E-state index contributed by atoms with van der Waals surface area (Å²) < 4.78 is 6.41. The smallest absolute Gasteiger partial charge is 0.140 e. The fourth-order valence-corrected chi connectivity index (χ4v) is 2.44. The van der Waals surface area contributed by atoms with Crippen LogP contribution >= 0.6 is 15.9 Å². The van der Waals surface area contributed by atoms with Crippen molar-refractivity contribution < 1.29 is 4.74 Å². The lowest BCUT2D eigenvalue weighted by Gasteiger charge is -2.29. The Morgan fingerprint density at radius 2 is 2.22 bits per heavy atom. The lowest BCUT2D eigenvalue weighted by atomic mass is 10.2. The minimum absolute atomic E-state index is 0.369. The number of anilines is 1. The maximum absolute atomic E-state index is 5.35. The van der Waals surface area contributed by atoms with Gasteiger partial charge in [0, 0.05) is 31.9 Å². The molecule has 1 fully saturated rings. The minimum atomic E-state index is 0.369. The Morgan fingerprint density at radius 3 is 2.94 bits per heavy atom. The molecule has 0 radical (unpaired) electrons. The van der Waals surface area contributed by atoms with Crippen LogP contribution in [0.25, 0.3) is 0 Å². The molecule has 1 aliphatic rings. The summed E-state index contributed by atoms with van der Waals surface area (Å²) in [5, 5.41) is 3.46. The van der Waals surface area contributed by atoms with Crippen LogP contribution in [0.3, 0.4) is 0 Å². The first-order chi connectivity index (χ1) is 8.66. The van der Waals surface area contributed by atoms with E-state index in [9.17, 15) is 0 Å². The van der Waals surface area contributed by atoms with Crippen molar-refractivity contribution in [2.24, 2.45) is 0 Å². The second-order valence-corrected chi connectivity index (χ2v) is 5.54. The van der Waals surface area contributed by atoms with Gasteiger partial charge in [0.15, 0.2) is 0 Å². The average molecular weight is 314 g/mol. The number of hydrogen-bond acceptors (Lipinski definition) is 4. The molecule has 1 atom stereocenters. The number of aryl methyl sites for hydroxylation is 1. The van der Waals surface area contributed by atoms with Crippen molar-refractivity contribution in [2.45, 2.75) is 19.9 Å². The Kier molecular flexibility index (Phi) is 4.97. The van der Waals surface area contributed by atoms with E-state index in [0.717, 1.165) is 43.1 Å². The van der Waals surface area contributed by atoms with Crippen LogP contribution in [-0.4, -0.2) is 48.8 Å². The topological polar surface area (TPSA) is 37.4 Å². The van der Waals surface area contributed by atoms with Gasteiger partial charge >= 0.3 is 0 Å². The Morgan fingerprint density at radius 1 is 1.50 bits per heavy atom. The van der Waals surface area contributed by atoms with Crippen LogP contribution in [0, 0.1) is 6.92 Å². The molecule has 1 aromatic heterocycles. The van der Waals surface area contributed by atoms with E-state index >= 15 is 0 Å². The van der Waals surface area contributed by atoms with Gasteiger partial charge in [-0.15, -0.1) is 0 Å². The highest BCUT2D eigenvalue weighted by molar-refractivity contribution is 9.10. The molecule has 1 N–H and O–H groups in total. The van der Waals surface area contributed by atoms with Crippen LogP contribution in [0.1, 0.15) is 12.5 Å². The number of rotatable bonds is 4. The van der Waals surface area contributed by atoms with Gasteiger partial charge in [0.05, 0.1) is 17.7 Å². The molecule has 1 saturated heterocycles. The highest BCUT2D eigenvalue weighted by Gasteiger charge is 2.14. The van der Waals surface area contributed by atoms with Crippen LogP contribution in [-0.2, 0) is 4.74 Å². The SMILES string of the molecule is Cc1ccnc(NC(C)CN2CCOCC2)c1Br. The zero-order valence-electron chi connectivity index (χ0n) is 10.9. The molecule has 2 heterocycles. The number of ether oxygens (including phenoxy) is 1. The molecular formula is C13H20BrN3O. The summed E-state index contributed by atoms with van der Waals surface area (Å²) in [6, 6.07) is 2.37. The molecule has 2 rings (SSSR count). The second kappa shape index (κ2) is 6.50. The molecule has 0 amide bonds. The number of hydrogen-bond donors (Lipinski definition) is 1. The standard InChI is InChI=1S/C13H20BrN3O/c1-10-3-4-15-13(12(10)14)16-11(2)9-17-5-7-18-8-6-17/h3-4,11H,5-9H2,1-2H3,(H,15,16). The summed E-state index contributed by atoms with van der Waals surface area (Å²) in [5.41, 5.74) is 1.20. The van der Waals surface area contributed by atoms with E-state index in [1.807, 2.05) is 12.3 Å². The predicted molar refractivity (Wildman–Crippen MR) is 77.0 cm³/mol. The van der Waals surface area contributed by atoms with Crippen molar-refractivity contribution in [2.75, 3.05) is 38.2 Å². The third kappa shape index (κ3) is 3.67. The predicted octanol–water partition coefficient (Wildman–Crippen LogP) is 2.29. The van der Waals surface area contributed by atoms with Gasteiger partial charge in [-0.05, 0) is 41.4 Å². The molecular weight excluding hydrogens is 294 g/mol. The van der Waals surface area contributed by atoms with E-state index < -0.39 is 0 Å². The summed E-state index contributed by atoms with van der Waals surface area (Å²) in [6.07, 6.45) is 1.84. The van der Waals surface area contributed by atoms with Gasteiger partial charge in [0.1, 0.15) is 5.82 Å². The van der Waals surface area contributed by atoms with Crippen LogP contribution < -0.4 is 5.32 Å². The van der Waals surface area contributed by atoms with Crippen molar-refractivity contribution in [3.8, 4) is 0 Å². The van der Waals surface area contributed by atoms with Crippen molar-refractivity contribution in [3.63, 3.8) is 0 Å². The highest BCUT2D eigenvalue weighted by atomic mass is 79.9. The van der Waals surface area contributed by atoms with Gasteiger partial charge in [-0.25, -0.2) is 4.98 Å². The van der Waals surface area contributed by atoms with E-state index in [0.29, 0.717) is 6.04 Å². The number of halogens is 1. The third-order valence-electron chi connectivity index (χ3n) is 3.10. The first-order valence-corrected chi connectivity index (χ1v) is 7.14. The molecule has 1 aromatic rings. The van der Waals surface area contributed by atoms with E-state index in [1.54, 1.807) is 0 Å². The lowest BCUT2D eigenvalue weighted by Crippen LogP contribution is -2.42. The number of pyridine rings is 1. The van der Waals surface area contributed by atoms with Gasteiger partial charge in [-0.3, -0.25) is 4.90 Å². The van der Waals surface area contributed by atoms with Gasteiger partial charge < -0.3 is 10.1 Å². The number of aromatic nitrogens is 1. The summed E-state index contributed by atoms with van der Waals surface area (Å²) >= 11 is 3.58. The van der Waals surface area contributed by atoms with Crippen LogP contribution in [0.5, 0.6) is 0 Å². The Bertz CT molecular complexity index is 394. The summed E-state index contributed by atoms with van der Waals surface area (Å²) in [5.74, 6) is 0.927. The Balaban J connectivity index is 1.90. The van der Waals surface area contributed by atoms with E-state index in [1.165, 1.54) is 5.56 Å². The first kappa shape index (κ1) is 13.8. The monoisotopic (exact) mass is 313 g/mol. The molecule has 0 spiro atoms. The summed E-state index contributed by atoms with van der Waals surface area (Å²) in [7, 11) is 0. The Labute approximate surface area is 117 Å². The van der Waals surface area contributed by atoms with Crippen molar-refractivity contribution in [1.82, 2.24) is 9.88 Å². The second-order valence-electron chi connectivity index (χ2n) is 4.75. The number of nitrogens with one attached hydrogen (secondary N) is 1. The Hall–Kier alpha value is -0.650. The van der Waals surface area contributed by atoms with Gasteiger partial charge in [0.25, 0.3) is 0 Å². The minimum Gasteiger partial charge on any atom is -0.379 e. The largest absolute Gasteiger partial charge is 0.379 e. The van der Waals surface area contributed by atoms with Gasteiger partial charge in [-0.2, -0.15) is 0 Å². The van der Waals surface area contributed by atoms with Crippen molar-refractivity contribution in [1.29, 1.82) is 0 Å². The van der Waals surface area contributed by atoms with Crippen LogP contribution in [0.2, 0.25) is 0 Å². The van der Waals surface area contributed by atoms with E-state index in [2.05, 4.69) is 45.0 Å². The van der Waals surface area contributed by atoms with Crippen LogP contribution in [0.15, 0.2) is 16.7 Å². The maximum atomic E-state index is 5.35. The molecule has 1 unspecified atom stereocenters. The molecule has 5 heteroatoms. The van der Waals surface area contributed by atoms with Gasteiger partial charge in [-0.1, -0.05) is 0 Å². The zero-order chi connectivity index (χ0) is 13.0. The molecule has 18 heavy (non-hydrogen) atoms. The molecule has 100 valence electrons. The van der Waals surface area contributed by atoms with E-state index in [-0.39, 0.29) is 0 Å². The normalized spacial score (nSPS) is 18.6. The van der Waals surface area contributed by atoms with Crippen molar-refractivity contribution >= 4 is 21.7 Å². The van der Waals surface area contributed by atoms with Crippen molar-refractivity contribution in [3.05, 3.63) is 22.3 Å². The molecule has 0 aliphatic carbocycles. The summed E-state index contributed by atoms with van der Waals surface area (Å²) in [6.45, 7) is 9.02. The average Bonchev–Trinajstić information content (AvgIpc) is 2.36. The fourth-order valence-electron chi connectivity index (χ4n) is 2.09. The first-order valence-electron chi connectivity index (χ1n) is 6.34. The highest BCUT2D eigenvalue weighted by Crippen LogP contribution is 2.23. The number of morpholine rings is 1. The molecule has 0 bridgehead atoms. The van der Waals surface area contributed by atoms with Gasteiger partial charge in [0.2, 0.25) is 0 Å². The third-order valence-corrected chi connectivity index (χ3v) is 4.10. The molecule has 0 aromatic carbocycles. The molecule has 4 nitrogen and oxygen atoms in total. The number of nitrogens with zero attached hydrogens (tertiary/aromatic N) is 2.